The van der Waals surface area contributed by atoms with Gasteiger partial charge in [0.1, 0.15) is 23.0 Å². The highest BCUT2D eigenvalue weighted by Crippen LogP contribution is 2.53. The molecular formula is C51H57Br2Cl3N4O4. The molecule has 6 aliphatic rings. The molecule has 13 heteroatoms. The molecule has 4 aromatic rings. The number of alkyl halides is 3. The number of fused-ring (bicyclic) bond motifs is 8. The SMILES string of the molecule is CCN(CC)C(=O)c1ccc2c(c1)Oc1ccc(Br)cc1C2=C1CC2CCC(C1)N2.CCN(CC)C(=O)c1ccc2c(c1)Oc1ccc(Br)cc1C2C1CC2CCC(C1)N2.ClC(Cl)Cl. The third-order valence-corrected chi connectivity index (χ3v) is 14.8. The van der Waals surface area contributed by atoms with Gasteiger partial charge >= 0.3 is 0 Å². The summed E-state index contributed by atoms with van der Waals surface area (Å²) >= 11 is 21.7. The molecular weight excluding hydrogens is 999 g/mol. The maximum absolute atomic E-state index is 12.9. The van der Waals surface area contributed by atoms with E-state index in [2.05, 4.69) is 72.8 Å². The molecule has 2 N–H and O–H groups in total. The predicted octanol–water partition coefficient (Wildman–Crippen LogP) is 13.4. The van der Waals surface area contributed by atoms with Crippen molar-refractivity contribution in [1.29, 1.82) is 0 Å². The van der Waals surface area contributed by atoms with Crippen molar-refractivity contribution in [3.63, 3.8) is 0 Å². The second-order valence-corrected chi connectivity index (χ2v) is 21.4. The lowest BCUT2D eigenvalue weighted by Gasteiger charge is -2.38. The second kappa shape index (κ2) is 20.8. The number of rotatable bonds is 7. The normalized spacial score (nSPS) is 23.2. The Morgan fingerprint density at radius 3 is 1.70 bits per heavy atom. The van der Waals surface area contributed by atoms with E-state index < -0.39 is 4.30 Å². The summed E-state index contributed by atoms with van der Waals surface area (Å²) in [6, 6.07) is 27.0. The summed E-state index contributed by atoms with van der Waals surface area (Å²) in [4.78, 5) is 29.5. The van der Waals surface area contributed by atoms with Gasteiger partial charge in [0.25, 0.3) is 11.8 Å². The van der Waals surface area contributed by atoms with Crippen molar-refractivity contribution in [3.05, 3.63) is 121 Å². The van der Waals surface area contributed by atoms with Gasteiger partial charge in [0, 0.05) is 98.6 Å². The average molecular weight is 1060 g/mol. The molecule has 10 rings (SSSR count). The molecule has 0 saturated carbocycles. The smallest absolute Gasteiger partial charge is 0.253 e. The Hall–Kier alpha value is -3.09. The van der Waals surface area contributed by atoms with Crippen molar-refractivity contribution in [2.45, 2.75) is 113 Å². The van der Waals surface area contributed by atoms with Crippen LogP contribution in [-0.4, -0.2) is 76.3 Å². The van der Waals surface area contributed by atoms with Crippen LogP contribution in [0.5, 0.6) is 23.0 Å². The molecule has 0 radical (unpaired) electrons. The standard InChI is InChI=1S/C25H29BrN2O2.C25H27BrN2O2.CHCl3/c2*1-3-28(4-2)25(29)15-5-9-20-23(13-15)30-22-10-6-17(26)14-21(22)24(20)16-11-18-7-8-19(12-16)27-18;2-1(3)4/h5-6,9-10,13-14,16,18-19,24,27H,3-4,7-8,11-12H2,1-2H3;5-6,9-10,13-14,18-19,27H,3-4,7-8,11-12H2,1-2H3;1H. The van der Waals surface area contributed by atoms with Crippen LogP contribution in [0.2, 0.25) is 0 Å². The zero-order chi connectivity index (χ0) is 45.2. The van der Waals surface area contributed by atoms with Gasteiger partial charge in [0.2, 0.25) is 0 Å². The molecule has 5 atom stereocenters. The summed E-state index contributed by atoms with van der Waals surface area (Å²) < 4.78 is 14.1. The quantitative estimate of drug-likeness (QED) is 0.158. The highest BCUT2D eigenvalue weighted by molar-refractivity contribution is 9.10. The molecule has 0 aromatic heterocycles. The first kappa shape index (κ1) is 47.4. The molecule has 2 amide bonds. The number of halogens is 5. The summed E-state index contributed by atoms with van der Waals surface area (Å²) in [6.45, 7) is 10.9. The fourth-order valence-corrected chi connectivity index (χ4v) is 11.6. The van der Waals surface area contributed by atoms with Gasteiger partial charge in [-0.25, -0.2) is 0 Å². The van der Waals surface area contributed by atoms with Gasteiger partial charge in [-0.3, -0.25) is 9.59 Å². The van der Waals surface area contributed by atoms with E-state index in [1.807, 2.05) is 80.0 Å². The largest absolute Gasteiger partial charge is 0.457 e. The first-order chi connectivity index (χ1) is 30.9. The number of carbonyl (C=O) groups is 2. The van der Waals surface area contributed by atoms with E-state index in [0.717, 1.165) is 55.9 Å². The molecule has 6 aliphatic heterocycles. The van der Waals surface area contributed by atoms with Gasteiger partial charge < -0.3 is 29.9 Å². The van der Waals surface area contributed by atoms with E-state index in [-0.39, 0.29) is 11.8 Å². The number of hydrogen-bond donors (Lipinski definition) is 2. The number of nitrogens with one attached hydrogen (secondary N) is 2. The van der Waals surface area contributed by atoms with Crippen LogP contribution in [0.25, 0.3) is 5.57 Å². The van der Waals surface area contributed by atoms with Gasteiger partial charge in [-0.2, -0.15) is 0 Å². The lowest BCUT2D eigenvalue weighted by Crippen LogP contribution is -2.40. The van der Waals surface area contributed by atoms with E-state index >= 15 is 0 Å². The van der Waals surface area contributed by atoms with Crippen molar-refractivity contribution in [3.8, 4) is 23.0 Å². The molecule has 0 aliphatic carbocycles. The molecule has 64 heavy (non-hydrogen) atoms. The first-order valence-electron chi connectivity index (χ1n) is 22.9. The second-order valence-electron chi connectivity index (χ2n) is 17.6. The van der Waals surface area contributed by atoms with Crippen LogP contribution in [0, 0.1) is 5.92 Å². The number of benzene rings is 4. The van der Waals surface area contributed by atoms with Crippen LogP contribution in [0.3, 0.4) is 0 Å². The Morgan fingerprint density at radius 1 is 0.609 bits per heavy atom. The van der Waals surface area contributed by atoms with Crippen LogP contribution < -0.4 is 20.1 Å². The Balaban J connectivity index is 0.000000162. The fourth-order valence-electron chi connectivity index (χ4n) is 10.9. The fraction of sp³-hybridized carbons (Fsp3) is 0.451. The maximum atomic E-state index is 12.9. The number of nitrogens with zero attached hydrogens (tertiary/aromatic N) is 2. The van der Waals surface area contributed by atoms with Gasteiger partial charge in [-0.15, -0.1) is 0 Å². The Kier molecular flexibility index (Phi) is 15.4. The molecule has 0 spiro atoms. The molecule has 6 heterocycles. The van der Waals surface area contributed by atoms with Crippen LogP contribution >= 0.6 is 66.7 Å². The number of amides is 2. The minimum Gasteiger partial charge on any atom is -0.457 e. The highest BCUT2D eigenvalue weighted by atomic mass is 79.9. The van der Waals surface area contributed by atoms with Crippen LogP contribution in [-0.2, 0) is 0 Å². The minimum absolute atomic E-state index is 0.0575. The van der Waals surface area contributed by atoms with Crippen LogP contribution in [0.4, 0.5) is 0 Å². The van der Waals surface area contributed by atoms with Crippen molar-refractivity contribution in [2.75, 3.05) is 26.2 Å². The number of piperidine rings is 2. The summed E-state index contributed by atoms with van der Waals surface area (Å²) in [7, 11) is 0. The molecule has 4 saturated heterocycles. The van der Waals surface area contributed by atoms with Crippen molar-refractivity contribution < 1.29 is 19.1 Å². The Morgan fingerprint density at radius 2 is 1.11 bits per heavy atom. The van der Waals surface area contributed by atoms with Gasteiger partial charge in [0.15, 0.2) is 4.30 Å². The van der Waals surface area contributed by atoms with Gasteiger partial charge in [-0.1, -0.05) is 78.3 Å². The first-order valence-corrected chi connectivity index (χ1v) is 25.8. The lowest BCUT2D eigenvalue weighted by molar-refractivity contribution is 0.0765. The predicted molar refractivity (Wildman–Crippen MR) is 267 cm³/mol. The topological polar surface area (TPSA) is 83.1 Å². The molecule has 8 nitrogen and oxygen atoms in total. The third kappa shape index (κ3) is 10.2. The van der Waals surface area contributed by atoms with Crippen LogP contribution in [0.1, 0.15) is 128 Å². The molecule has 5 unspecified atom stereocenters. The summed E-state index contributed by atoms with van der Waals surface area (Å²) in [5.41, 5.74) is 8.95. The van der Waals surface area contributed by atoms with Crippen molar-refractivity contribution >= 4 is 84.1 Å². The lowest BCUT2D eigenvalue weighted by atomic mass is 9.73. The Bertz CT molecular complexity index is 2380. The number of ether oxygens (including phenoxy) is 2. The van der Waals surface area contributed by atoms with E-state index in [1.54, 1.807) is 0 Å². The minimum atomic E-state index is -0.750. The van der Waals surface area contributed by atoms with E-state index in [0.29, 0.717) is 73.3 Å². The summed E-state index contributed by atoms with van der Waals surface area (Å²) in [5, 5.41) is 7.52. The average Bonchev–Trinajstić information content (AvgIpc) is 3.81. The van der Waals surface area contributed by atoms with Crippen LogP contribution in [0.15, 0.2) is 87.3 Å². The van der Waals surface area contributed by atoms with Crippen molar-refractivity contribution in [1.82, 2.24) is 20.4 Å². The zero-order valence-corrected chi connectivity index (χ0v) is 42.3. The monoisotopic (exact) mass is 1050 g/mol. The molecule has 4 aromatic carbocycles. The maximum Gasteiger partial charge on any atom is 0.253 e. The van der Waals surface area contributed by atoms with E-state index in [1.165, 1.54) is 60.8 Å². The van der Waals surface area contributed by atoms with Gasteiger partial charge in [-0.05, 0) is 157 Å². The summed E-state index contributed by atoms with van der Waals surface area (Å²) in [6.07, 6.45) is 9.66. The summed E-state index contributed by atoms with van der Waals surface area (Å²) in [5.74, 6) is 4.45. The van der Waals surface area contributed by atoms with Gasteiger partial charge in [0.05, 0.1) is 0 Å². The number of carbonyl (C=O) groups excluding carboxylic acids is 2. The Labute approximate surface area is 410 Å². The zero-order valence-electron chi connectivity index (χ0n) is 36.9. The van der Waals surface area contributed by atoms with E-state index in [4.69, 9.17) is 44.3 Å². The highest BCUT2D eigenvalue weighted by Gasteiger charge is 2.42. The third-order valence-electron chi connectivity index (χ3n) is 13.8. The molecule has 4 bridgehead atoms. The van der Waals surface area contributed by atoms with Crippen molar-refractivity contribution in [2.24, 2.45) is 5.92 Å². The molecule has 340 valence electrons. The molecule has 4 fully saturated rings. The number of hydrogen-bond acceptors (Lipinski definition) is 6. The van der Waals surface area contributed by atoms with E-state index in [9.17, 15) is 9.59 Å².